The van der Waals surface area contributed by atoms with Crippen molar-refractivity contribution >= 4 is 28.6 Å². The molecule has 43 heavy (non-hydrogen) atoms. The van der Waals surface area contributed by atoms with E-state index in [2.05, 4.69) is 55.8 Å². The number of imidazole rings is 1. The second-order valence-corrected chi connectivity index (χ2v) is 11.8. The van der Waals surface area contributed by atoms with Crippen molar-refractivity contribution in [3.05, 3.63) is 76.0 Å². The van der Waals surface area contributed by atoms with Crippen molar-refractivity contribution in [1.29, 1.82) is 0 Å². The van der Waals surface area contributed by atoms with Crippen LogP contribution in [0.4, 0.5) is 5.95 Å². The number of H-pyrrole nitrogens is 1. The highest BCUT2D eigenvalue weighted by atomic mass is 35.5. The summed E-state index contributed by atoms with van der Waals surface area (Å²) < 4.78 is 13.6. The number of nitrogens with zero attached hydrogens (tertiary/aromatic N) is 6. The Morgan fingerprint density at radius 2 is 1.88 bits per heavy atom. The summed E-state index contributed by atoms with van der Waals surface area (Å²) in [5.41, 5.74) is 4.62. The van der Waals surface area contributed by atoms with Gasteiger partial charge in [-0.3, -0.25) is 4.98 Å². The maximum absolute atomic E-state index is 11.8. The molecule has 1 aliphatic heterocycles. The molecular formula is C32H36ClN7O3. The molecule has 0 radical (unpaired) electrons. The molecule has 1 atom stereocenters. The van der Waals surface area contributed by atoms with Gasteiger partial charge < -0.3 is 18.6 Å². The summed E-state index contributed by atoms with van der Waals surface area (Å²) in [5, 5.41) is 6.89. The number of halogens is 1. The van der Waals surface area contributed by atoms with Crippen LogP contribution in [0.25, 0.3) is 33.9 Å². The summed E-state index contributed by atoms with van der Waals surface area (Å²) >= 11 is 6.42. The molecule has 5 heterocycles. The van der Waals surface area contributed by atoms with E-state index in [1.54, 1.807) is 12.4 Å². The van der Waals surface area contributed by atoms with Crippen molar-refractivity contribution in [2.24, 2.45) is 11.8 Å². The summed E-state index contributed by atoms with van der Waals surface area (Å²) in [6.45, 7) is 5.04. The standard InChI is InChI=1S/C31H32ClN7O3.CH4/c1-19-7-9-20(10-8-19)17-39-28-24(35-30(39)38-11-12-41-18-26(38)21-5-3-2-4-6-21)14-25(29-36-37-31(40)42-29)34-27(28)22-13-23(32)16-33-15-22;/h2-6,13-16,19-20,26H,7-12,17-18H2,1H3,(H,37,40);1H4/t19?,20?,26-;/m0./s1. The van der Waals surface area contributed by atoms with Gasteiger partial charge in [0.1, 0.15) is 5.69 Å². The minimum Gasteiger partial charge on any atom is -0.386 e. The van der Waals surface area contributed by atoms with Gasteiger partial charge in [0.05, 0.1) is 41.0 Å². The average Bonchev–Trinajstić information content (AvgIpc) is 3.62. The molecule has 0 bridgehead atoms. The Balaban J connectivity index is 0.00000329. The number of pyridine rings is 2. The fourth-order valence-electron chi connectivity index (χ4n) is 6.29. The molecule has 7 rings (SSSR count). The van der Waals surface area contributed by atoms with E-state index < -0.39 is 5.76 Å². The van der Waals surface area contributed by atoms with E-state index in [-0.39, 0.29) is 19.4 Å². The topological polar surface area (TPSA) is 115 Å². The fourth-order valence-corrected chi connectivity index (χ4v) is 6.47. The summed E-state index contributed by atoms with van der Waals surface area (Å²) in [6.07, 6.45) is 8.14. The number of hydrogen-bond donors (Lipinski definition) is 1. The molecule has 0 amide bonds. The third-order valence-electron chi connectivity index (χ3n) is 8.49. The van der Waals surface area contributed by atoms with Gasteiger partial charge in [-0.2, -0.15) is 0 Å². The number of morpholine rings is 1. The maximum Gasteiger partial charge on any atom is 0.434 e. The van der Waals surface area contributed by atoms with E-state index in [0.717, 1.165) is 35.0 Å². The third kappa shape index (κ3) is 5.81. The lowest BCUT2D eigenvalue weighted by Crippen LogP contribution is -2.41. The normalized spacial score (nSPS) is 20.7. The van der Waals surface area contributed by atoms with Gasteiger partial charge in [-0.15, -0.1) is 5.10 Å². The van der Waals surface area contributed by atoms with Crippen molar-refractivity contribution < 1.29 is 9.15 Å². The second-order valence-electron chi connectivity index (χ2n) is 11.4. The van der Waals surface area contributed by atoms with Gasteiger partial charge in [0.2, 0.25) is 5.95 Å². The Bertz CT molecular complexity index is 1760. The van der Waals surface area contributed by atoms with Crippen molar-refractivity contribution in [3.8, 4) is 22.8 Å². The first-order valence-corrected chi connectivity index (χ1v) is 14.9. The van der Waals surface area contributed by atoms with Gasteiger partial charge in [0, 0.05) is 31.0 Å². The maximum atomic E-state index is 11.8. The van der Waals surface area contributed by atoms with Crippen LogP contribution in [0, 0.1) is 11.8 Å². The molecule has 10 nitrogen and oxygen atoms in total. The fraction of sp³-hybridized carbons (Fsp3) is 0.406. The number of rotatable bonds is 6. The van der Waals surface area contributed by atoms with Crippen LogP contribution < -0.4 is 10.7 Å². The first-order valence-electron chi connectivity index (χ1n) is 14.5. The molecule has 1 aromatic carbocycles. The molecule has 224 valence electrons. The monoisotopic (exact) mass is 601 g/mol. The van der Waals surface area contributed by atoms with Crippen LogP contribution in [0.2, 0.25) is 5.02 Å². The summed E-state index contributed by atoms with van der Waals surface area (Å²) in [6, 6.07) is 14.1. The van der Waals surface area contributed by atoms with E-state index in [1.165, 1.54) is 31.2 Å². The lowest BCUT2D eigenvalue weighted by molar-refractivity contribution is 0.0927. The Kier molecular flexibility index (Phi) is 8.32. The Hall–Kier alpha value is -4.02. The smallest absolute Gasteiger partial charge is 0.386 e. The number of nitrogens with one attached hydrogen (secondary N) is 1. The van der Waals surface area contributed by atoms with Crippen LogP contribution in [-0.4, -0.2) is 49.5 Å². The first-order chi connectivity index (χ1) is 20.5. The van der Waals surface area contributed by atoms with E-state index in [4.69, 9.17) is 30.7 Å². The Morgan fingerprint density at radius 3 is 2.63 bits per heavy atom. The minimum atomic E-state index is -0.644. The molecule has 1 saturated heterocycles. The van der Waals surface area contributed by atoms with E-state index in [9.17, 15) is 4.79 Å². The zero-order valence-corrected chi connectivity index (χ0v) is 24.1. The minimum absolute atomic E-state index is 0. The largest absolute Gasteiger partial charge is 0.434 e. The lowest BCUT2D eigenvalue weighted by Gasteiger charge is -2.37. The molecule has 1 saturated carbocycles. The molecule has 4 aromatic heterocycles. The molecule has 0 spiro atoms. The molecular weight excluding hydrogens is 566 g/mol. The molecule has 11 heteroatoms. The van der Waals surface area contributed by atoms with E-state index in [1.807, 2.05) is 18.2 Å². The van der Waals surface area contributed by atoms with Crippen LogP contribution in [0.3, 0.4) is 0 Å². The van der Waals surface area contributed by atoms with Gasteiger partial charge in [0.25, 0.3) is 5.89 Å². The highest BCUT2D eigenvalue weighted by Gasteiger charge is 2.32. The van der Waals surface area contributed by atoms with Crippen molar-refractivity contribution in [2.45, 2.75) is 52.6 Å². The number of ether oxygens (including phenoxy) is 1. The van der Waals surface area contributed by atoms with Gasteiger partial charge in [-0.1, -0.05) is 69.1 Å². The van der Waals surface area contributed by atoms with Crippen molar-refractivity contribution in [3.63, 3.8) is 0 Å². The van der Waals surface area contributed by atoms with Crippen LogP contribution in [0.15, 0.2) is 64.1 Å². The molecule has 5 aromatic rings. The first kappa shape index (κ1) is 29.1. The quantitative estimate of drug-likeness (QED) is 0.234. The Labute approximate surface area is 255 Å². The number of hydrogen-bond acceptors (Lipinski definition) is 8. The predicted molar refractivity (Wildman–Crippen MR) is 167 cm³/mol. The number of aromatic nitrogens is 6. The molecule has 1 N–H and O–H groups in total. The van der Waals surface area contributed by atoms with Crippen LogP contribution >= 0.6 is 11.6 Å². The van der Waals surface area contributed by atoms with Crippen molar-refractivity contribution in [1.82, 2.24) is 29.7 Å². The van der Waals surface area contributed by atoms with Crippen LogP contribution in [0.1, 0.15) is 51.6 Å². The number of benzene rings is 1. The van der Waals surface area contributed by atoms with Crippen LogP contribution in [-0.2, 0) is 11.3 Å². The van der Waals surface area contributed by atoms with Crippen molar-refractivity contribution in [2.75, 3.05) is 24.7 Å². The summed E-state index contributed by atoms with van der Waals surface area (Å²) in [5.74, 6) is 1.60. The Morgan fingerprint density at radius 1 is 1.07 bits per heavy atom. The second kappa shape index (κ2) is 12.3. The van der Waals surface area contributed by atoms with Gasteiger partial charge >= 0.3 is 5.76 Å². The number of anilines is 1. The lowest BCUT2D eigenvalue weighted by atomic mass is 9.83. The van der Waals surface area contributed by atoms with Gasteiger partial charge in [-0.05, 0) is 42.4 Å². The molecule has 2 fully saturated rings. The number of fused-ring (bicyclic) bond motifs is 1. The highest BCUT2D eigenvalue weighted by Crippen LogP contribution is 2.39. The molecule has 0 unspecified atom stereocenters. The summed E-state index contributed by atoms with van der Waals surface area (Å²) in [4.78, 5) is 28.8. The molecule has 1 aliphatic carbocycles. The average molecular weight is 602 g/mol. The van der Waals surface area contributed by atoms with E-state index in [0.29, 0.717) is 42.1 Å². The SMILES string of the molecule is C.CC1CCC(Cn2c(N3CCOC[C@H]3c3ccccc3)nc3cc(-c4n[nH]c(=O)o4)nc(-c4cncc(Cl)c4)c32)CC1. The van der Waals surface area contributed by atoms with Gasteiger partial charge in [0.15, 0.2) is 0 Å². The predicted octanol–water partition coefficient (Wildman–Crippen LogP) is 6.53. The van der Waals surface area contributed by atoms with Gasteiger partial charge in [-0.25, -0.2) is 19.9 Å². The zero-order chi connectivity index (χ0) is 28.6. The number of aromatic amines is 1. The highest BCUT2D eigenvalue weighted by molar-refractivity contribution is 6.30. The van der Waals surface area contributed by atoms with E-state index >= 15 is 0 Å². The molecule has 2 aliphatic rings. The summed E-state index contributed by atoms with van der Waals surface area (Å²) in [7, 11) is 0. The van der Waals surface area contributed by atoms with Crippen LogP contribution in [0.5, 0.6) is 0 Å². The zero-order valence-electron chi connectivity index (χ0n) is 23.4. The third-order valence-corrected chi connectivity index (χ3v) is 8.69.